The molecule has 0 aliphatic rings. The van der Waals surface area contributed by atoms with Gasteiger partial charge in [0.15, 0.2) is 0 Å². The Morgan fingerprint density at radius 3 is 2.48 bits per heavy atom. The third kappa shape index (κ3) is 3.59. The van der Waals surface area contributed by atoms with E-state index >= 15 is 0 Å². The highest BCUT2D eigenvalue weighted by molar-refractivity contribution is 7.93. The molecule has 1 heterocycles. The Morgan fingerprint density at radius 2 is 1.78 bits per heavy atom. The van der Waals surface area contributed by atoms with Crippen LogP contribution in [0, 0.1) is 0 Å². The van der Waals surface area contributed by atoms with Crippen LogP contribution in [0.2, 0.25) is 0 Å². The first-order valence-corrected chi connectivity index (χ1v) is 9.63. The van der Waals surface area contributed by atoms with Crippen LogP contribution in [0.1, 0.15) is 20.7 Å². The van der Waals surface area contributed by atoms with E-state index in [4.69, 9.17) is 0 Å². The number of esters is 2. The highest BCUT2D eigenvalue weighted by atomic mass is 32.2. The van der Waals surface area contributed by atoms with Crippen molar-refractivity contribution < 1.29 is 27.5 Å². The van der Waals surface area contributed by atoms with Crippen LogP contribution >= 0.6 is 11.7 Å². The molecule has 0 spiro atoms. The summed E-state index contributed by atoms with van der Waals surface area (Å²) >= 11 is 0.883. The summed E-state index contributed by atoms with van der Waals surface area (Å²) in [7, 11) is -1.77. The van der Waals surface area contributed by atoms with Gasteiger partial charge in [0.2, 0.25) is 0 Å². The van der Waals surface area contributed by atoms with Crippen molar-refractivity contribution in [3.63, 3.8) is 0 Å². The van der Waals surface area contributed by atoms with Crippen molar-refractivity contribution in [2.75, 3.05) is 18.9 Å². The Labute approximate surface area is 158 Å². The third-order valence-electron chi connectivity index (χ3n) is 3.63. The number of rotatable bonds is 5. The van der Waals surface area contributed by atoms with Crippen molar-refractivity contribution in [1.82, 2.24) is 8.75 Å². The molecular formula is C16H13N3O6S2. The van der Waals surface area contributed by atoms with Gasteiger partial charge in [0.05, 0.1) is 42.8 Å². The summed E-state index contributed by atoms with van der Waals surface area (Å²) in [6.07, 6.45) is 0. The fraction of sp³-hybridized carbons (Fsp3) is 0.125. The van der Waals surface area contributed by atoms with Crippen LogP contribution in [0.3, 0.4) is 0 Å². The van der Waals surface area contributed by atoms with Crippen molar-refractivity contribution in [1.29, 1.82) is 0 Å². The molecule has 1 N–H and O–H groups in total. The fourth-order valence-electron chi connectivity index (χ4n) is 2.36. The van der Waals surface area contributed by atoms with E-state index in [-0.39, 0.29) is 27.2 Å². The molecule has 0 saturated carbocycles. The average molecular weight is 407 g/mol. The quantitative estimate of drug-likeness (QED) is 0.637. The molecule has 2 aromatic carbocycles. The molecule has 0 radical (unpaired) electrons. The molecule has 1 aromatic heterocycles. The zero-order chi connectivity index (χ0) is 19.6. The molecule has 0 saturated heterocycles. The molecule has 0 bridgehead atoms. The number of ether oxygens (including phenoxy) is 2. The summed E-state index contributed by atoms with van der Waals surface area (Å²) in [5.41, 5.74) is 0.525. The minimum atomic E-state index is -4.13. The second-order valence-corrected chi connectivity index (χ2v) is 7.42. The highest BCUT2D eigenvalue weighted by Crippen LogP contribution is 2.26. The van der Waals surface area contributed by atoms with Gasteiger partial charge in [-0.15, -0.1) is 0 Å². The van der Waals surface area contributed by atoms with Crippen LogP contribution in [0.25, 0.3) is 11.0 Å². The maximum absolute atomic E-state index is 12.9. The van der Waals surface area contributed by atoms with Crippen LogP contribution in [0.4, 0.5) is 5.69 Å². The molecule has 0 atom stereocenters. The maximum atomic E-state index is 12.9. The Morgan fingerprint density at radius 1 is 1.04 bits per heavy atom. The van der Waals surface area contributed by atoms with Crippen molar-refractivity contribution in [3.8, 4) is 0 Å². The number of carbonyl (C=O) groups excluding carboxylic acids is 2. The first kappa shape index (κ1) is 18.7. The van der Waals surface area contributed by atoms with Crippen molar-refractivity contribution in [2.24, 2.45) is 0 Å². The van der Waals surface area contributed by atoms with Gasteiger partial charge in [-0.2, -0.15) is 8.75 Å². The van der Waals surface area contributed by atoms with Crippen LogP contribution in [0.15, 0.2) is 41.3 Å². The highest BCUT2D eigenvalue weighted by Gasteiger charge is 2.24. The molecule has 0 amide bonds. The van der Waals surface area contributed by atoms with Gasteiger partial charge in [-0.05, 0) is 30.3 Å². The number of hydrogen-bond donors (Lipinski definition) is 1. The molecule has 9 nitrogen and oxygen atoms in total. The number of hydrogen-bond acceptors (Lipinski definition) is 9. The Hall–Kier alpha value is -3.05. The summed E-state index contributed by atoms with van der Waals surface area (Å²) < 4.78 is 45.4. The smallest absolute Gasteiger partial charge is 0.339 e. The van der Waals surface area contributed by atoms with Gasteiger partial charge in [-0.1, -0.05) is 6.07 Å². The second kappa shape index (κ2) is 7.29. The monoisotopic (exact) mass is 407 g/mol. The zero-order valence-corrected chi connectivity index (χ0v) is 15.8. The van der Waals surface area contributed by atoms with Gasteiger partial charge in [-0.3, -0.25) is 4.72 Å². The number of anilines is 1. The van der Waals surface area contributed by atoms with Gasteiger partial charge in [0.1, 0.15) is 15.9 Å². The number of sulfonamides is 1. The van der Waals surface area contributed by atoms with Gasteiger partial charge < -0.3 is 9.47 Å². The van der Waals surface area contributed by atoms with E-state index in [9.17, 15) is 18.0 Å². The lowest BCUT2D eigenvalue weighted by Crippen LogP contribution is -2.17. The number of methoxy groups -OCH3 is 2. The predicted molar refractivity (Wildman–Crippen MR) is 97.3 cm³/mol. The molecule has 3 rings (SSSR count). The van der Waals surface area contributed by atoms with Gasteiger partial charge in [0.25, 0.3) is 10.0 Å². The molecule has 27 heavy (non-hydrogen) atoms. The van der Waals surface area contributed by atoms with E-state index in [0.29, 0.717) is 5.52 Å². The van der Waals surface area contributed by atoms with E-state index < -0.39 is 22.0 Å². The molecule has 0 aliphatic carbocycles. The van der Waals surface area contributed by atoms with Crippen LogP contribution in [-0.2, 0) is 19.5 Å². The Kier molecular flexibility index (Phi) is 5.06. The topological polar surface area (TPSA) is 125 Å². The van der Waals surface area contributed by atoms with E-state index in [1.165, 1.54) is 37.4 Å². The minimum Gasteiger partial charge on any atom is -0.465 e. The van der Waals surface area contributed by atoms with Gasteiger partial charge in [-0.25, -0.2) is 18.0 Å². The average Bonchev–Trinajstić information content (AvgIpc) is 3.15. The van der Waals surface area contributed by atoms with Gasteiger partial charge >= 0.3 is 11.9 Å². The predicted octanol–water partition coefficient (Wildman–Crippen LogP) is 2.07. The van der Waals surface area contributed by atoms with E-state index in [1.807, 2.05) is 0 Å². The minimum absolute atomic E-state index is 0.0581. The number of nitrogens with one attached hydrogen (secondary N) is 1. The summed E-state index contributed by atoms with van der Waals surface area (Å²) in [4.78, 5) is 23.6. The second-order valence-electron chi connectivity index (χ2n) is 5.24. The first-order chi connectivity index (χ1) is 12.9. The number of aromatic nitrogens is 2. The summed E-state index contributed by atoms with van der Waals surface area (Å²) in [6.45, 7) is 0. The molecule has 0 aliphatic heterocycles. The zero-order valence-electron chi connectivity index (χ0n) is 14.1. The van der Waals surface area contributed by atoms with Crippen molar-refractivity contribution in [3.05, 3.63) is 47.5 Å². The largest absolute Gasteiger partial charge is 0.465 e. The normalized spacial score (nSPS) is 11.2. The number of nitrogens with zero attached hydrogens (tertiary/aromatic N) is 2. The van der Waals surface area contributed by atoms with E-state index in [0.717, 1.165) is 18.8 Å². The molecular weight excluding hydrogens is 394 g/mol. The lowest BCUT2D eigenvalue weighted by molar-refractivity contribution is 0.0587. The third-order valence-corrected chi connectivity index (χ3v) is 5.57. The van der Waals surface area contributed by atoms with Gasteiger partial charge in [0, 0.05) is 0 Å². The lowest BCUT2D eigenvalue weighted by atomic mass is 10.1. The van der Waals surface area contributed by atoms with Crippen molar-refractivity contribution in [2.45, 2.75) is 4.90 Å². The first-order valence-electron chi connectivity index (χ1n) is 7.42. The Bertz CT molecular complexity index is 1140. The molecule has 0 fully saturated rings. The van der Waals surface area contributed by atoms with Crippen molar-refractivity contribution >= 4 is 50.4 Å². The van der Waals surface area contributed by atoms with E-state index in [1.54, 1.807) is 6.07 Å². The van der Waals surface area contributed by atoms with Crippen LogP contribution < -0.4 is 4.72 Å². The molecule has 140 valence electrons. The van der Waals surface area contributed by atoms with Crippen LogP contribution in [0.5, 0.6) is 0 Å². The SMILES string of the molecule is COC(=O)c1ccc(C(=O)OC)c(NS(=O)(=O)c2cccc3nsnc23)c1. The Balaban J connectivity index is 2.11. The maximum Gasteiger partial charge on any atom is 0.339 e. The van der Waals surface area contributed by atoms with E-state index in [2.05, 4.69) is 22.9 Å². The number of carbonyl (C=O) groups is 2. The number of benzene rings is 2. The molecule has 11 heteroatoms. The summed E-state index contributed by atoms with van der Waals surface area (Å²) in [5.74, 6) is -1.45. The lowest BCUT2D eigenvalue weighted by Gasteiger charge is -2.13. The summed E-state index contributed by atoms with van der Waals surface area (Å²) in [5, 5.41) is 0. The summed E-state index contributed by atoms with van der Waals surface area (Å²) in [6, 6.07) is 8.35. The number of fused-ring (bicyclic) bond motifs is 1. The molecule has 3 aromatic rings. The van der Waals surface area contributed by atoms with Crippen LogP contribution in [-0.4, -0.2) is 43.3 Å². The molecule has 0 unspecified atom stereocenters. The standard InChI is InChI=1S/C16H13N3O6S2/c1-24-15(20)9-6-7-10(16(21)25-2)12(8-9)19-27(22,23)13-5-3-4-11-14(13)18-26-17-11/h3-8,19H,1-2H3. The fourth-order valence-corrected chi connectivity index (χ4v) is 4.20.